The number of ether oxygens (including phenoxy) is 2. The standard InChI is InChI=1S/C20H25FIN3O3/c1-12-14(7-16(22)18(21)15(12)8-23)17-10-24-5-6-25(9-13(24)11-27-17)19(26)28-20(2,3)4/h7,13,17H,5-6,9-11H2,1-4H3. The van der Waals surface area contributed by atoms with Crippen LogP contribution in [0.4, 0.5) is 9.18 Å². The number of amides is 1. The summed E-state index contributed by atoms with van der Waals surface area (Å²) in [5.41, 5.74) is 1.06. The van der Waals surface area contributed by atoms with Gasteiger partial charge in [0.15, 0.2) is 5.82 Å². The monoisotopic (exact) mass is 501 g/mol. The third kappa shape index (κ3) is 4.42. The van der Waals surface area contributed by atoms with Crippen LogP contribution in [0.1, 0.15) is 43.6 Å². The molecule has 2 unspecified atom stereocenters. The molecule has 0 aliphatic carbocycles. The number of nitriles is 1. The van der Waals surface area contributed by atoms with E-state index in [0.29, 0.717) is 35.4 Å². The van der Waals surface area contributed by atoms with Crippen LogP contribution in [0.2, 0.25) is 0 Å². The fourth-order valence-electron chi connectivity index (χ4n) is 3.67. The summed E-state index contributed by atoms with van der Waals surface area (Å²) in [5.74, 6) is -0.469. The van der Waals surface area contributed by atoms with Gasteiger partial charge in [-0.3, -0.25) is 4.90 Å². The lowest BCUT2D eigenvalue weighted by molar-refractivity contribution is -0.0908. The van der Waals surface area contributed by atoms with Gasteiger partial charge in [-0.15, -0.1) is 0 Å². The Morgan fingerprint density at radius 2 is 2.11 bits per heavy atom. The summed E-state index contributed by atoms with van der Waals surface area (Å²) in [6.45, 7) is 10.4. The topological polar surface area (TPSA) is 65.8 Å². The minimum atomic E-state index is -0.516. The Balaban J connectivity index is 1.70. The van der Waals surface area contributed by atoms with Crippen molar-refractivity contribution in [1.82, 2.24) is 9.80 Å². The highest BCUT2D eigenvalue weighted by atomic mass is 127. The van der Waals surface area contributed by atoms with Crippen LogP contribution in [0, 0.1) is 27.6 Å². The van der Waals surface area contributed by atoms with E-state index in [0.717, 1.165) is 12.1 Å². The highest BCUT2D eigenvalue weighted by Gasteiger charge is 2.37. The Morgan fingerprint density at radius 3 is 2.75 bits per heavy atom. The molecule has 1 aromatic rings. The van der Waals surface area contributed by atoms with Gasteiger partial charge in [0.25, 0.3) is 0 Å². The van der Waals surface area contributed by atoms with Crippen molar-refractivity contribution in [1.29, 1.82) is 5.26 Å². The van der Waals surface area contributed by atoms with Gasteiger partial charge in [0.05, 0.1) is 27.9 Å². The number of hydrogen-bond acceptors (Lipinski definition) is 5. The van der Waals surface area contributed by atoms with Gasteiger partial charge < -0.3 is 14.4 Å². The van der Waals surface area contributed by atoms with Crippen LogP contribution in [0.25, 0.3) is 0 Å². The average molecular weight is 501 g/mol. The number of benzene rings is 1. The van der Waals surface area contributed by atoms with Crippen molar-refractivity contribution in [2.45, 2.75) is 45.4 Å². The molecule has 0 aromatic heterocycles. The van der Waals surface area contributed by atoms with Gasteiger partial charge in [0.1, 0.15) is 11.7 Å². The first kappa shape index (κ1) is 21.3. The second kappa shape index (κ2) is 8.13. The zero-order valence-corrected chi connectivity index (χ0v) is 18.7. The molecule has 2 aliphatic heterocycles. The first-order chi connectivity index (χ1) is 13.1. The molecule has 6 nitrogen and oxygen atoms in total. The second-order valence-electron chi connectivity index (χ2n) is 8.27. The number of carbonyl (C=O) groups is 1. The number of piperazine rings is 1. The minimum Gasteiger partial charge on any atom is -0.444 e. The predicted octanol–water partition coefficient (Wildman–Crippen LogP) is 3.60. The number of morpholine rings is 1. The van der Waals surface area contributed by atoms with Gasteiger partial charge in [0.2, 0.25) is 0 Å². The lowest BCUT2D eigenvalue weighted by Crippen LogP contribution is -2.60. The Bertz CT molecular complexity index is 818. The van der Waals surface area contributed by atoms with Gasteiger partial charge in [-0.25, -0.2) is 9.18 Å². The number of nitrogens with zero attached hydrogens (tertiary/aromatic N) is 3. The van der Waals surface area contributed by atoms with E-state index in [4.69, 9.17) is 9.47 Å². The average Bonchev–Trinajstić information content (AvgIpc) is 2.63. The Labute approximate surface area is 178 Å². The van der Waals surface area contributed by atoms with Crippen LogP contribution < -0.4 is 0 Å². The summed E-state index contributed by atoms with van der Waals surface area (Å²) in [6.07, 6.45) is -0.512. The largest absolute Gasteiger partial charge is 0.444 e. The molecule has 1 amide bonds. The van der Waals surface area contributed by atoms with E-state index >= 15 is 0 Å². The lowest BCUT2D eigenvalue weighted by atomic mass is 9.96. The molecular weight excluding hydrogens is 476 g/mol. The summed E-state index contributed by atoms with van der Waals surface area (Å²) < 4.78 is 26.2. The molecule has 0 N–H and O–H groups in total. The van der Waals surface area contributed by atoms with E-state index in [2.05, 4.69) is 4.90 Å². The first-order valence-electron chi connectivity index (χ1n) is 9.33. The fourth-order valence-corrected chi connectivity index (χ4v) is 4.27. The molecule has 2 saturated heterocycles. The molecule has 8 heteroatoms. The van der Waals surface area contributed by atoms with Crippen molar-refractivity contribution in [2.75, 3.05) is 32.8 Å². The predicted molar refractivity (Wildman–Crippen MR) is 110 cm³/mol. The third-order valence-corrected chi connectivity index (χ3v) is 5.91. The Morgan fingerprint density at radius 1 is 1.39 bits per heavy atom. The van der Waals surface area contributed by atoms with Crippen LogP contribution in [0.5, 0.6) is 0 Å². The summed E-state index contributed by atoms with van der Waals surface area (Å²) in [6, 6.07) is 3.85. The van der Waals surface area contributed by atoms with Crippen LogP contribution >= 0.6 is 22.6 Å². The normalized spacial score (nSPS) is 23.1. The molecule has 0 radical (unpaired) electrons. The number of halogens is 2. The maximum atomic E-state index is 14.2. The van der Waals surface area contributed by atoms with Crippen molar-refractivity contribution in [2.24, 2.45) is 0 Å². The van der Waals surface area contributed by atoms with Crippen molar-refractivity contribution >= 4 is 28.7 Å². The third-order valence-electron chi connectivity index (χ3n) is 5.12. The van der Waals surface area contributed by atoms with E-state index < -0.39 is 11.4 Å². The summed E-state index contributed by atoms with van der Waals surface area (Å²) >= 11 is 1.92. The molecule has 0 saturated carbocycles. The molecule has 152 valence electrons. The van der Waals surface area contributed by atoms with Crippen LogP contribution in [0.3, 0.4) is 0 Å². The summed E-state index contributed by atoms with van der Waals surface area (Å²) in [5, 5.41) is 9.30. The van der Waals surface area contributed by atoms with Crippen molar-refractivity contribution < 1.29 is 18.7 Å². The van der Waals surface area contributed by atoms with Crippen molar-refractivity contribution in [3.05, 3.63) is 32.1 Å². The summed E-state index contributed by atoms with van der Waals surface area (Å²) in [4.78, 5) is 16.4. The lowest BCUT2D eigenvalue weighted by Gasteiger charge is -2.46. The zero-order chi connectivity index (χ0) is 20.6. The van der Waals surface area contributed by atoms with Crippen molar-refractivity contribution in [3.63, 3.8) is 0 Å². The highest BCUT2D eigenvalue weighted by Crippen LogP contribution is 2.33. The maximum Gasteiger partial charge on any atom is 0.410 e. The quantitative estimate of drug-likeness (QED) is 0.551. The summed E-state index contributed by atoms with van der Waals surface area (Å²) in [7, 11) is 0. The molecule has 2 atom stereocenters. The second-order valence-corrected chi connectivity index (χ2v) is 9.43. The van der Waals surface area contributed by atoms with Gasteiger partial charge >= 0.3 is 6.09 Å². The molecule has 2 fully saturated rings. The molecule has 3 rings (SSSR count). The van der Waals surface area contributed by atoms with E-state index in [1.165, 1.54) is 0 Å². The van der Waals surface area contributed by atoms with Crippen LogP contribution in [-0.2, 0) is 9.47 Å². The molecule has 28 heavy (non-hydrogen) atoms. The number of carbonyl (C=O) groups excluding carboxylic acids is 1. The van der Waals surface area contributed by atoms with Gasteiger partial charge in [0, 0.05) is 26.2 Å². The van der Waals surface area contributed by atoms with Gasteiger partial charge in [-0.2, -0.15) is 5.26 Å². The maximum absolute atomic E-state index is 14.2. The number of rotatable bonds is 1. The Kier molecular flexibility index (Phi) is 6.17. The first-order valence-corrected chi connectivity index (χ1v) is 10.4. The molecule has 0 spiro atoms. The molecule has 2 heterocycles. The fraction of sp³-hybridized carbons (Fsp3) is 0.600. The van der Waals surface area contributed by atoms with E-state index in [1.54, 1.807) is 17.9 Å². The number of fused-ring (bicyclic) bond motifs is 1. The molecule has 1 aromatic carbocycles. The zero-order valence-electron chi connectivity index (χ0n) is 16.6. The van der Waals surface area contributed by atoms with E-state index in [9.17, 15) is 14.4 Å². The molecule has 2 aliphatic rings. The smallest absolute Gasteiger partial charge is 0.410 e. The van der Waals surface area contributed by atoms with Crippen LogP contribution in [-0.4, -0.2) is 60.3 Å². The SMILES string of the molecule is Cc1c(C2CN3CCN(C(=O)OC(C)(C)C)CC3CO2)cc(I)c(F)c1C#N. The van der Waals surface area contributed by atoms with Crippen molar-refractivity contribution in [3.8, 4) is 6.07 Å². The van der Waals surface area contributed by atoms with E-state index in [-0.39, 0.29) is 23.8 Å². The highest BCUT2D eigenvalue weighted by molar-refractivity contribution is 14.1. The molecule has 0 bridgehead atoms. The number of hydrogen-bond donors (Lipinski definition) is 0. The van der Waals surface area contributed by atoms with Gasteiger partial charge in [-0.1, -0.05) is 0 Å². The van der Waals surface area contributed by atoms with Crippen LogP contribution in [0.15, 0.2) is 6.07 Å². The minimum absolute atomic E-state index is 0.0855. The van der Waals surface area contributed by atoms with Gasteiger partial charge in [-0.05, 0) is 67.5 Å². The van der Waals surface area contributed by atoms with E-state index in [1.807, 2.05) is 49.4 Å². The molecular formula is C20H25FIN3O3. The Hall–Kier alpha value is -1.44.